The SMILES string of the molecule is C=C1C=Cc2c(cc3occc3c2OCCCCOc2ccccc2)O1. The van der Waals surface area contributed by atoms with Crippen LogP contribution in [0.4, 0.5) is 0 Å². The molecule has 0 aliphatic carbocycles. The maximum Gasteiger partial charge on any atom is 0.142 e. The number of allylic oxidation sites excluding steroid dienone is 1. The fourth-order valence-electron chi connectivity index (χ4n) is 2.91. The molecule has 4 heteroatoms. The van der Waals surface area contributed by atoms with Crippen LogP contribution in [0.15, 0.2) is 71.6 Å². The monoisotopic (exact) mass is 348 g/mol. The van der Waals surface area contributed by atoms with Gasteiger partial charge in [-0.3, -0.25) is 0 Å². The Morgan fingerprint density at radius 2 is 1.73 bits per heavy atom. The van der Waals surface area contributed by atoms with Crippen LogP contribution in [0.25, 0.3) is 17.0 Å². The van der Waals surface area contributed by atoms with Crippen LogP contribution in [-0.2, 0) is 0 Å². The number of benzene rings is 2. The second-order valence-electron chi connectivity index (χ2n) is 6.07. The number of ether oxygens (including phenoxy) is 3. The predicted octanol–water partition coefficient (Wildman–Crippen LogP) is 5.59. The van der Waals surface area contributed by atoms with E-state index in [4.69, 9.17) is 18.6 Å². The van der Waals surface area contributed by atoms with Crippen LogP contribution >= 0.6 is 0 Å². The Balaban J connectivity index is 1.38. The summed E-state index contributed by atoms with van der Waals surface area (Å²) in [5.41, 5.74) is 1.67. The van der Waals surface area contributed by atoms with Gasteiger partial charge in [-0.1, -0.05) is 24.8 Å². The van der Waals surface area contributed by atoms with E-state index in [9.17, 15) is 0 Å². The van der Waals surface area contributed by atoms with Crippen molar-refractivity contribution < 1.29 is 18.6 Å². The van der Waals surface area contributed by atoms with Gasteiger partial charge in [0.05, 0.1) is 30.4 Å². The molecule has 1 aromatic heterocycles. The molecule has 0 unspecified atom stereocenters. The highest BCUT2D eigenvalue weighted by Crippen LogP contribution is 2.41. The van der Waals surface area contributed by atoms with Crippen molar-refractivity contribution >= 4 is 17.0 Å². The van der Waals surface area contributed by atoms with Gasteiger partial charge in [-0.2, -0.15) is 0 Å². The molecule has 0 saturated heterocycles. The summed E-state index contributed by atoms with van der Waals surface area (Å²) in [4.78, 5) is 0. The van der Waals surface area contributed by atoms with Gasteiger partial charge < -0.3 is 18.6 Å². The highest BCUT2D eigenvalue weighted by Gasteiger charge is 2.19. The second-order valence-corrected chi connectivity index (χ2v) is 6.07. The summed E-state index contributed by atoms with van der Waals surface area (Å²) in [5, 5.41) is 0.949. The van der Waals surface area contributed by atoms with E-state index in [0.29, 0.717) is 24.7 Å². The van der Waals surface area contributed by atoms with Crippen molar-refractivity contribution in [1.29, 1.82) is 0 Å². The van der Waals surface area contributed by atoms with Crippen LogP contribution in [0, 0.1) is 0 Å². The van der Waals surface area contributed by atoms with Gasteiger partial charge in [-0.25, -0.2) is 0 Å². The molecule has 0 fully saturated rings. The molecular formula is C22H20O4. The first-order chi connectivity index (χ1) is 12.8. The summed E-state index contributed by atoms with van der Waals surface area (Å²) in [6, 6.07) is 13.6. The molecule has 4 nitrogen and oxygen atoms in total. The molecule has 26 heavy (non-hydrogen) atoms. The lowest BCUT2D eigenvalue weighted by Crippen LogP contribution is -2.05. The molecule has 0 bridgehead atoms. The van der Waals surface area contributed by atoms with E-state index in [2.05, 4.69) is 6.58 Å². The fraction of sp³-hybridized carbons (Fsp3) is 0.182. The Hall–Kier alpha value is -3.14. The van der Waals surface area contributed by atoms with E-state index >= 15 is 0 Å². The third-order valence-corrected chi connectivity index (χ3v) is 4.19. The first-order valence-electron chi connectivity index (χ1n) is 8.71. The maximum atomic E-state index is 6.09. The lowest BCUT2D eigenvalue weighted by Gasteiger charge is -2.18. The maximum absolute atomic E-state index is 6.09. The standard InChI is InChI=1S/C22H20O4/c1-16-9-10-18-21(26-16)15-20-19(11-14-24-20)22(18)25-13-6-5-12-23-17-7-3-2-4-8-17/h2-4,7-11,14-15H,1,5-6,12-13H2. The summed E-state index contributed by atoms with van der Waals surface area (Å²) < 4.78 is 23.0. The number of para-hydroxylation sites is 1. The first kappa shape index (κ1) is 16.3. The number of rotatable bonds is 7. The number of hydrogen-bond donors (Lipinski definition) is 0. The molecule has 0 N–H and O–H groups in total. The molecule has 132 valence electrons. The molecule has 4 rings (SSSR count). The van der Waals surface area contributed by atoms with E-state index in [1.54, 1.807) is 6.26 Å². The Morgan fingerprint density at radius 1 is 0.923 bits per heavy atom. The minimum atomic E-state index is 0.601. The molecule has 2 aromatic carbocycles. The Kier molecular flexibility index (Phi) is 4.65. The van der Waals surface area contributed by atoms with Crippen LogP contribution in [0.1, 0.15) is 18.4 Å². The third-order valence-electron chi connectivity index (χ3n) is 4.19. The lowest BCUT2D eigenvalue weighted by molar-refractivity contribution is 0.267. The molecule has 0 amide bonds. The zero-order chi connectivity index (χ0) is 17.8. The van der Waals surface area contributed by atoms with E-state index in [1.165, 1.54) is 0 Å². The third kappa shape index (κ3) is 3.45. The van der Waals surface area contributed by atoms with Crippen LogP contribution in [0.2, 0.25) is 0 Å². The van der Waals surface area contributed by atoms with Crippen molar-refractivity contribution in [1.82, 2.24) is 0 Å². The molecule has 0 radical (unpaired) electrons. The molecule has 0 spiro atoms. The van der Waals surface area contributed by atoms with Crippen molar-refractivity contribution in [3.8, 4) is 17.2 Å². The average molecular weight is 348 g/mol. The van der Waals surface area contributed by atoms with E-state index in [0.717, 1.165) is 40.9 Å². The number of hydrogen-bond acceptors (Lipinski definition) is 4. The van der Waals surface area contributed by atoms with E-state index in [1.807, 2.05) is 54.6 Å². The highest BCUT2D eigenvalue weighted by molar-refractivity contribution is 5.91. The summed E-state index contributed by atoms with van der Waals surface area (Å²) in [6.45, 7) is 5.11. The van der Waals surface area contributed by atoms with Gasteiger partial charge in [0, 0.05) is 6.07 Å². The van der Waals surface area contributed by atoms with Gasteiger partial charge in [0.2, 0.25) is 0 Å². The molecule has 0 atom stereocenters. The first-order valence-corrected chi connectivity index (χ1v) is 8.71. The van der Waals surface area contributed by atoms with Crippen molar-refractivity contribution in [2.75, 3.05) is 13.2 Å². The topological polar surface area (TPSA) is 40.8 Å². The molecule has 1 aliphatic heterocycles. The van der Waals surface area contributed by atoms with Crippen LogP contribution < -0.4 is 14.2 Å². The van der Waals surface area contributed by atoms with E-state index in [-0.39, 0.29) is 0 Å². The predicted molar refractivity (Wildman–Crippen MR) is 102 cm³/mol. The number of furan rings is 1. The van der Waals surface area contributed by atoms with Gasteiger partial charge in [-0.05, 0) is 43.2 Å². The molecular weight excluding hydrogens is 328 g/mol. The smallest absolute Gasteiger partial charge is 0.142 e. The molecule has 2 heterocycles. The van der Waals surface area contributed by atoms with Gasteiger partial charge in [-0.15, -0.1) is 0 Å². The molecule has 1 aliphatic rings. The zero-order valence-electron chi connectivity index (χ0n) is 14.4. The van der Waals surface area contributed by atoms with Crippen LogP contribution in [0.5, 0.6) is 17.2 Å². The van der Waals surface area contributed by atoms with Crippen LogP contribution in [0.3, 0.4) is 0 Å². The van der Waals surface area contributed by atoms with E-state index < -0.39 is 0 Å². The average Bonchev–Trinajstić information content (AvgIpc) is 3.12. The highest BCUT2D eigenvalue weighted by atomic mass is 16.5. The largest absolute Gasteiger partial charge is 0.494 e. The minimum absolute atomic E-state index is 0.601. The molecule has 0 saturated carbocycles. The zero-order valence-corrected chi connectivity index (χ0v) is 14.4. The van der Waals surface area contributed by atoms with Gasteiger partial charge in [0.25, 0.3) is 0 Å². The molecule has 3 aromatic rings. The Labute approximate surface area is 152 Å². The van der Waals surface area contributed by atoms with Crippen LogP contribution in [-0.4, -0.2) is 13.2 Å². The second kappa shape index (κ2) is 7.40. The summed E-state index contributed by atoms with van der Waals surface area (Å²) in [5.74, 6) is 3.00. The Bertz CT molecular complexity index is 937. The van der Waals surface area contributed by atoms with Crippen molar-refractivity contribution in [3.05, 3.63) is 72.7 Å². The lowest BCUT2D eigenvalue weighted by atomic mass is 10.1. The normalized spacial score (nSPS) is 12.7. The summed E-state index contributed by atoms with van der Waals surface area (Å²) >= 11 is 0. The van der Waals surface area contributed by atoms with Gasteiger partial charge in [0.1, 0.15) is 28.6 Å². The fourth-order valence-corrected chi connectivity index (χ4v) is 2.91. The quantitative estimate of drug-likeness (QED) is 0.522. The van der Waals surface area contributed by atoms with Crippen molar-refractivity contribution in [3.63, 3.8) is 0 Å². The minimum Gasteiger partial charge on any atom is -0.494 e. The summed E-state index contributed by atoms with van der Waals surface area (Å²) in [6.07, 6.45) is 7.29. The number of unbranched alkanes of at least 4 members (excludes halogenated alkanes) is 1. The van der Waals surface area contributed by atoms with Crippen molar-refractivity contribution in [2.45, 2.75) is 12.8 Å². The summed E-state index contributed by atoms with van der Waals surface area (Å²) in [7, 11) is 0. The van der Waals surface area contributed by atoms with Gasteiger partial charge in [0.15, 0.2) is 0 Å². The Morgan fingerprint density at radius 3 is 2.58 bits per heavy atom. The number of fused-ring (bicyclic) bond motifs is 2. The van der Waals surface area contributed by atoms with Crippen molar-refractivity contribution in [2.24, 2.45) is 0 Å². The van der Waals surface area contributed by atoms with Gasteiger partial charge >= 0.3 is 0 Å².